The maximum absolute atomic E-state index is 13.1. The number of aliphatic hydroxyl groups is 1. The number of nitrogens with zero attached hydrogens (tertiary/aromatic N) is 3. The van der Waals surface area contributed by atoms with Crippen molar-refractivity contribution in [1.82, 2.24) is 14.7 Å². The van der Waals surface area contributed by atoms with Crippen LogP contribution < -0.4 is 0 Å². The van der Waals surface area contributed by atoms with Crippen LogP contribution in [0.3, 0.4) is 0 Å². The Morgan fingerprint density at radius 1 is 1.04 bits per heavy atom. The summed E-state index contributed by atoms with van der Waals surface area (Å²) in [6, 6.07) is 8.53. The van der Waals surface area contributed by atoms with E-state index in [0.717, 1.165) is 51.3 Å². The second kappa shape index (κ2) is 9.38. The van der Waals surface area contributed by atoms with Crippen LogP contribution in [0.25, 0.3) is 0 Å². The van der Waals surface area contributed by atoms with E-state index in [-0.39, 0.29) is 5.91 Å². The first kappa shape index (κ1) is 21.3. The van der Waals surface area contributed by atoms with E-state index >= 15 is 0 Å². The summed E-state index contributed by atoms with van der Waals surface area (Å²) in [5, 5.41) is 11.2. The van der Waals surface area contributed by atoms with Crippen molar-refractivity contribution in [2.24, 2.45) is 0 Å². The summed E-state index contributed by atoms with van der Waals surface area (Å²) in [6.45, 7) is 13.4. The van der Waals surface area contributed by atoms with Gasteiger partial charge in [-0.3, -0.25) is 9.69 Å². The van der Waals surface area contributed by atoms with Crippen molar-refractivity contribution >= 4 is 5.91 Å². The molecule has 5 heteroatoms. The highest BCUT2D eigenvalue weighted by Gasteiger charge is 2.43. The second-order valence-electron chi connectivity index (χ2n) is 8.88. The zero-order chi connectivity index (χ0) is 20.1. The Morgan fingerprint density at radius 2 is 1.68 bits per heavy atom. The molecule has 2 saturated heterocycles. The van der Waals surface area contributed by atoms with E-state index < -0.39 is 5.60 Å². The number of piperazine rings is 1. The first-order chi connectivity index (χ1) is 13.4. The topological polar surface area (TPSA) is 47.0 Å². The van der Waals surface area contributed by atoms with Gasteiger partial charge in [0.2, 0.25) is 0 Å². The molecule has 1 atom stereocenters. The Labute approximate surface area is 170 Å². The first-order valence-electron chi connectivity index (χ1n) is 11.0. The molecule has 2 aliphatic rings. The predicted octanol–water partition coefficient (Wildman–Crippen LogP) is 2.69. The Morgan fingerprint density at radius 3 is 2.29 bits per heavy atom. The van der Waals surface area contributed by atoms with E-state index in [1.54, 1.807) is 0 Å². The van der Waals surface area contributed by atoms with Crippen LogP contribution in [-0.2, 0) is 11.3 Å². The lowest BCUT2D eigenvalue weighted by atomic mass is 9.90. The van der Waals surface area contributed by atoms with Crippen LogP contribution in [0.2, 0.25) is 0 Å². The molecule has 2 heterocycles. The zero-order valence-electron chi connectivity index (χ0n) is 17.9. The molecule has 0 bridgehead atoms. The van der Waals surface area contributed by atoms with Gasteiger partial charge in [0.05, 0.1) is 0 Å². The van der Waals surface area contributed by atoms with E-state index in [1.165, 1.54) is 12.0 Å². The average molecular weight is 388 g/mol. The van der Waals surface area contributed by atoms with Crippen LogP contribution in [0.15, 0.2) is 24.3 Å². The number of hydrogen-bond acceptors (Lipinski definition) is 4. The molecule has 0 saturated carbocycles. The van der Waals surface area contributed by atoms with Gasteiger partial charge in [0, 0.05) is 45.8 Å². The lowest BCUT2D eigenvalue weighted by Crippen LogP contribution is -2.60. The van der Waals surface area contributed by atoms with Crippen molar-refractivity contribution in [3.05, 3.63) is 35.4 Å². The summed E-state index contributed by atoms with van der Waals surface area (Å²) >= 11 is 0. The number of amides is 1. The molecule has 0 spiro atoms. The number of rotatable bonds is 7. The molecule has 0 unspecified atom stereocenters. The Bertz CT molecular complexity index is 638. The van der Waals surface area contributed by atoms with Crippen molar-refractivity contribution in [2.75, 3.05) is 45.8 Å². The minimum Gasteiger partial charge on any atom is -0.379 e. The van der Waals surface area contributed by atoms with E-state index in [2.05, 4.69) is 54.8 Å². The molecule has 0 aromatic heterocycles. The van der Waals surface area contributed by atoms with Gasteiger partial charge in [0.25, 0.3) is 5.91 Å². The highest BCUT2D eigenvalue weighted by molar-refractivity contribution is 5.86. The number of likely N-dealkylation sites (tertiary alicyclic amines) is 1. The number of carbonyl (C=O) groups is 1. The summed E-state index contributed by atoms with van der Waals surface area (Å²) in [5.74, 6) is 0.413. The minimum atomic E-state index is -1.23. The molecule has 28 heavy (non-hydrogen) atoms. The van der Waals surface area contributed by atoms with Crippen molar-refractivity contribution in [1.29, 1.82) is 0 Å². The van der Waals surface area contributed by atoms with Crippen LogP contribution in [0.5, 0.6) is 0 Å². The SMILES string of the molecule is CCCN1CCN(C[C@@]2(O)CCCN(Cc3ccc(C(C)C)cc3)C2=O)CC1. The van der Waals surface area contributed by atoms with E-state index in [0.29, 0.717) is 25.4 Å². The molecule has 0 radical (unpaired) electrons. The van der Waals surface area contributed by atoms with Crippen LogP contribution in [-0.4, -0.2) is 77.1 Å². The van der Waals surface area contributed by atoms with Crippen LogP contribution >= 0.6 is 0 Å². The second-order valence-corrected chi connectivity index (χ2v) is 8.88. The first-order valence-corrected chi connectivity index (χ1v) is 11.0. The summed E-state index contributed by atoms with van der Waals surface area (Å²) < 4.78 is 0. The largest absolute Gasteiger partial charge is 0.379 e. The molecular formula is C23H37N3O2. The van der Waals surface area contributed by atoms with E-state index in [9.17, 15) is 9.90 Å². The zero-order valence-corrected chi connectivity index (χ0v) is 17.9. The smallest absolute Gasteiger partial charge is 0.256 e. The maximum atomic E-state index is 13.1. The summed E-state index contributed by atoms with van der Waals surface area (Å²) in [7, 11) is 0. The highest BCUT2D eigenvalue weighted by atomic mass is 16.3. The lowest BCUT2D eigenvalue weighted by molar-refractivity contribution is -0.160. The van der Waals surface area contributed by atoms with Gasteiger partial charge in [-0.05, 0) is 42.9 Å². The van der Waals surface area contributed by atoms with Gasteiger partial charge < -0.3 is 14.9 Å². The molecule has 1 aromatic rings. The number of hydrogen-bond donors (Lipinski definition) is 1. The highest BCUT2D eigenvalue weighted by Crippen LogP contribution is 2.26. The van der Waals surface area contributed by atoms with Gasteiger partial charge in [-0.1, -0.05) is 45.0 Å². The van der Waals surface area contributed by atoms with Crippen LogP contribution in [0.4, 0.5) is 0 Å². The van der Waals surface area contributed by atoms with Gasteiger partial charge in [0.15, 0.2) is 5.60 Å². The van der Waals surface area contributed by atoms with Gasteiger partial charge in [-0.2, -0.15) is 0 Å². The van der Waals surface area contributed by atoms with E-state index in [4.69, 9.17) is 0 Å². The molecule has 5 nitrogen and oxygen atoms in total. The number of benzene rings is 1. The fourth-order valence-electron chi connectivity index (χ4n) is 4.45. The molecule has 2 fully saturated rings. The Balaban J connectivity index is 1.58. The summed E-state index contributed by atoms with van der Waals surface area (Å²) in [4.78, 5) is 19.7. The van der Waals surface area contributed by atoms with Gasteiger partial charge in [-0.15, -0.1) is 0 Å². The molecule has 0 aliphatic carbocycles. The normalized spacial score (nSPS) is 24.9. The molecule has 2 aliphatic heterocycles. The van der Waals surface area contributed by atoms with Crippen molar-refractivity contribution in [2.45, 2.75) is 58.1 Å². The molecule has 156 valence electrons. The molecular weight excluding hydrogens is 350 g/mol. The fourth-order valence-corrected chi connectivity index (χ4v) is 4.45. The third-order valence-corrected chi connectivity index (χ3v) is 6.21. The number of piperidine rings is 1. The number of carbonyl (C=O) groups excluding carboxylic acids is 1. The molecule has 1 aromatic carbocycles. The van der Waals surface area contributed by atoms with Crippen molar-refractivity contribution < 1.29 is 9.90 Å². The van der Waals surface area contributed by atoms with Crippen LogP contribution in [0.1, 0.15) is 57.1 Å². The van der Waals surface area contributed by atoms with Gasteiger partial charge in [0.1, 0.15) is 0 Å². The van der Waals surface area contributed by atoms with Gasteiger partial charge in [-0.25, -0.2) is 0 Å². The summed E-state index contributed by atoms with van der Waals surface area (Å²) in [5.41, 5.74) is 1.21. The minimum absolute atomic E-state index is 0.0947. The Hall–Kier alpha value is -1.43. The van der Waals surface area contributed by atoms with E-state index in [1.807, 2.05) is 4.90 Å². The molecule has 1 amide bonds. The Kier molecular flexibility index (Phi) is 7.13. The summed E-state index contributed by atoms with van der Waals surface area (Å²) in [6.07, 6.45) is 2.61. The quantitative estimate of drug-likeness (QED) is 0.781. The third kappa shape index (κ3) is 5.13. The van der Waals surface area contributed by atoms with Crippen molar-refractivity contribution in [3.63, 3.8) is 0 Å². The number of β-amino-alcohol motifs (C(OH)–C–C–N with tert-alkyl or cyclic N) is 1. The van der Waals surface area contributed by atoms with Gasteiger partial charge >= 0.3 is 0 Å². The maximum Gasteiger partial charge on any atom is 0.256 e. The monoisotopic (exact) mass is 387 g/mol. The van der Waals surface area contributed by atoms with Crippen LogP contribution in [0, 0.1) is 0 Å². The molecule has 1 N–H and O–H groups in total. The van der Waals surface area contributed by atoms with Crippen molar-refractivity contribution in [3.8, 4) is 0 Å². The molecule has 3 rings (SSSR count). The predicted molar refractivity (Wildman–Crippen MR) is 113 cm³/mol. The third-order valence-electron chi connectivity index (χ3n) is 6.21. The standard InChI is InChI=1S/C23H37N3O2/c1-4-11-24-13-15-25(16-14-24)18-23(28)10-5-12-26(22(23)27)17-20-6-8-21(9-7-20)19(2)3/h6-9,19,28H,4-5,10-18H2,1-3H3/t23-/m0/s1. The average Bonchev–Trinajstić information content (AvgIpc) is 2.68. The lowest BCUT2D eigenvalue weighted by Gasteiger charge is -2.43. The fraction of sp³-hybridized carbons (Fsp3) is 0.696.